The van der Waals surface area contributed by atoms with Crippen LogP contribution in [0.4, 0.5) is 9.52 Å². The van der Waals surface area contributed by atoms with Gasteiger partial charge in [-0.2, -0.15) is 9.40 Å². The van der Waals surface area contributed by atoms with E-state index in [0.717, 1.165) is 0 Å². The first kappa shape index (κ1) is 25.4. The third-order valence-electron chi connectivity index (χ3n) is 5.35. The zero-order chi connectivity index (χ0) is 25.7. The van der Waals surface area contributed by atoms with Gasteiger partial charge in [0.1, 0.15) is 11.3 Å². The van der Waals surface area contributed by atoms with Crippen LogP contribution >= 0.6 is 11.3 Å². The van der Waals surface area contributed by atoms with Gasteiger partial charge in [0.05, 0.1) is 16.1 Å². The fraction of sp³-hybridized carbons (Fsp3) is 0.160. The molecule has 0 atom stereocenters. The summed E-state index contributed by atoms with van der Waals surface area (Å²) in [6.07, 6.45) is 6.41. The van der Waals surface area contributed by atoms with Crippen molar-refractivity contribution >= 4 is 42.6 Å². The molecule has 0 fully saturated rings. The maximum Gasteiger partial charge on any atom is 0.260 e. The topological polar surface area (TPSA) is 88.4 Å². The Bertz CT molecular complexity index is 1470. The second-order valence-corrected chi connectivity index (χ2v) is 10.7. The lowest BCUT2D eigenvalue weighted by atomic mass is 10.2. The number of amides is 1. The maximum absolute atomic E-state index is 14.3. The standard InChI is InChI=1S/C25H24FN5O3S2/c1-3-14-30(15-4-2)36(33,34)20-11-9-19(10-12-20)24(32)31(18-17-29-16-6-13-27-29)25-28-23-21(26)7-5-8-22(23)35-25/h3-13,16H,1-2,14-15,17-18H2. The van der Waals surface area contributed by atoms with E-state index in [-0.39, 0.29) is 41.5 Å². The Kier molecular flexibility index (Phi) is 7.73. The minimum absolute atomic E-state index is 0.0490. The van der Waals surface area contributed by atoms with E-state index in [1.807, 2.05) is 0 Å². The summed E-state index contributed by atoms with van der Waals surface area (Å²) in [6.45, 7) is 8.09. The monoisotopic (exact) mass is 525 g/mol. The smallest absolute Gasteiger partial charge is 0.260 e. The lowest BCUT2D eigenvalue weighted by molar-refractivity contribution is 0.0985. The molecule has 0 N–H and O–H groups in total. The van der Waals surface area contributed by atoms with Crippen LogP contribution in [0.3, 0.4) is 0 Å². The number of para-hydroxylation sites is 1. The molecule has 11 heteroatoms. The molecule has 4 rings (SSSR count). The lowest BCUT2D eigenvalue weighted by Crippen LogP contribution is -2.34. The number of aromatic nitrogens is 3. The predicted octanol–water partition coefficient (Wildman–Crippen LogP) is 4.34. The molecular formula is C25H24FN5O3S2. The summed E-state index contributed by atoms with van der Waals surface area (Å²) >= 11 is 1.20. The number of anilines is 1. The van der Waals surface area contributed by atoms with Gasteiger partial charge in [-0.15, -0.1) is 13.2 Å². The van der Waals surface area contributed by atoms with Crippen LogP contribution in [0.1, 0.15) is 10.4 Å². The van der Waals surface area contributed by atoms with E-state index >= 15 is 0 Å². The van der Waals surface area contributed by atoms with Crippen molar-refractivity contribution < 1.29 is 17.6 Å². The van der Waals surface area contributed by atoms with Gasteiger partial charge in [0.15, 0.2) is 5.13 Å². The van der Waals surface area contributed by atoms with E-state index < -0.39 is 15.8 Å². The number of rotatable bonds is 11. The number of sulfonamides is 1. The second kappa shape index (κ2) is 10.9. The summed E-state index contributed by atoms with van der Waals surface area (Å²) in [4.78, 5) is 19.4. The molecule has 2 heterocycles. The molecule has 36 heavy (non-hydrogen) atoms. The van der Waals surface area contributed by atoms with Crippen molar-refractivity contribution in [2.24, 2.45) is 0 Å². The molecule has 0 saturated heterocycles. The van der Waals surface area contributed by atoms with Crippen LogP contribution in [-0.2, 0) is 16.6 Å². The molecule has 0 aliphatic rings. The van der Waals surface area contributed by atoms with Gasteiger partial charge in [-0.05, 0) is 42.5 Å². The minimum atomic E-state index is -3.80. The quantitative estimate of drug-likeness (QED) is 0.272. The predicted molar refractivity (Wildman–Crippen MR) is 139 cm³/mol. The number of fused-ring (bicyclic) bond motifs is 1. The molecule has 1 amide bonds. The first-order chi connectivity index (χ1) is 17.3. The van der Waals surface area contributed by atoms with E-state index in [0.29, 0.717) is 16.4 Å². The average molecular weight is 526 g/mol. The Balaban J connectivity index is 1.65. The van der Waals surface area contributed by atoms with Gasteiger partial charge >= 0.3 is 0 Å². The Morgan fingerprint density at radius 3 is 2.42 bits per heavy atom. The molecule has 0 spiro atoms. The average Bonchev–Trinajstić information content (AvgIpc) is 3.55. The zero-order valence-corrected chi connectivity index (χ0v) is 21.0. The van der Waals surface area contributed by atoms with Crippen LogP contribution in [-0.4, -0.2) is 53.0 Å². The second-order valence-electron chi connectivity index (χ2n) is 7.73. The van der Waals surface area contributed by atoms with E-state index in [1.165, 1.54) is 63.0 Å². The summed E-state index contributed by atoms with van der Waals surface area (Å²) in [5.41, 5.74) is 0.466. The third kappa shape index (κ3) is 5.27. The summed E-state index contributed by atoms with van der Waals surface area (Å²) in [6, 6.07) is 12.2. The molecular weight excluding hydrogens is 501 g/mol. The van der Waals surface area contributed by atoms with Crippen molar-refractivity contribution in [3.05, 3.63) is 97.6 Å². The molecule has 0 bridgehead atoms. The van der Waals surface area contributed by atoms with Gasteiger partial charge < -0.3 is 0 Å². The van der Waals surface area contributed by atoms with Crippen molar-refractivity contribution in [1.29, 1.82) is 0 Å². The molecule has 0 saturated carbocycles. The van der Waals surface area contributed by atoms with Crippen molar-refractivity contribution in [2.75, 3.05) is 24.5 Å². The summed E-state index contributed by atoms with van der Waals surface area (Å²) < 4.78 is 43.8. The lowest BCUT2D eigenvalue weighted by Gasteiger charge is -2.21. The molecule has 8 nitrogen and oxygen atoms in total. The number of nitrogens with zero attached hydrogens (tertiary/aromatic N) is 5. The fourth-order valence-corrected chi connectivity index (χ4v) is 5.96. The van der Waals surface area contributed by atoms with Crippen molar-refractivity contribution in [2.45, 2.75) is 11.4 Å². The Labute approximate surface area is 212 Å². The highest BCUT2D eigenvalue weighted by molar-refractivity contribution is 7.89. The van der Waals surface area contributed by atoms with Crippen molar-refractivity contribution in [3.8, 4) is 0 Å². The van der Waals surface area contributed by atoms with Gasteiger partial charge in [0.2, 0.25) is 10.0 Å². The van der Waals surface area contributed by atoms with Crippen LogP contribution in [0.5, 0.6) is 0 Å². The minimum Gasteiger partial charge on any atom is -0.282 e. The molecule has 0 aliphatic heterocycles. The Hall–Kier alpha value is -3.67. The van der Waals surface area contributed by atoms with E-state index in [9.17, 15) is 17.6 Å². The molecule has 0 radical (unpaired) electrons. The van der Waals surface area contributed by atoms with Crippen molar-refractivity contribution in [1.82, 2.24) is 19.1 Å². The number of halogens is 1. The van der Waals surface area contributed by atoms with Crippen LogP contribution in [0.15, 0.2) is 91.1 Å². The normalized spacial score (nSPS) is 11.6. The van der Waals surface area contributed by atoms with Gasteiger partial charge in [-0.1, -0.05) is 29.6 Å². The van der Waals surface area contributed by atoms with Crippen LogP contribution in [0, 0.1) is 5.82 Å². The number of carbonyl (C=O) groups excluding carboxylic acids is 1. The summed E-state index contributed by atoms with van der Waals surface area (Å²) in [5.74, 6) is -0.854. The number of carbonyl (C=O) groups is 1. The summed E-state index contributed by atoms with van der Waals surface area (Å²) in [5, 5.41) is 4.51. The third-order valence-corrected chi connectivity index (χ3v) is 8.24. The zero-order valence-electron chi connectivity index (χ0n) is 19.3. The first-order valence-electron chi connectivity index (χ1n) is 11.0. The highest BCUT2D eigenvalue weighted by Gasteiger charge is 2.25. The Morgan fingerprint density at radius 2 is 1.81 bits per heavy atom. The molecule has 186 valence electrons. The molecule has 0 unspecified atom stereocenters. The summed E-state index contributed by atoms with van der Waals surface area (Å²) in [7, 11) is -3.80. The van der Waals surface area contributed by atoms with Crippen LogP contribution in [0.25, 0.3) is 10.2 Å². The van der Waals surface area contributed by atoms with Gasteiger partial charge in [-0.25, -0.2) is 17.8 Å². The number of hydrogen-bond donors (Lipinski definition) is 0. The SMILES string of the molecule is C=CCN(CC=C)S(=O)(=O)c1ccc(C(=O)N(CCn2cccn2)c2nc3c(F)cccc3s2)cc1. The van der Waals surface area contributed by atoms with Gasteiger partial charge in [-0.3, -0.25) is 14.4 Å². The van der Waals surface area contributed by atoms with Gasteiger partial charge in [0, 0.05) is 37.6 Å². The van der Waals surface area contributed by atoms with Crippen LogP contribution < -0.4 is 4.90 Å². The number of benzene rings is 2. The molecule has 2 aromatic heterocycles. The largest absolute Gasteiger partial charge is 0.282 e. The van der Waals surface area contributed by atoms with E-state index in [4.69, 9.17) is 0 Å². The molecule has 4 aromatic rings. The highest BCUT2D eigenvalue weighted by atomic mass is 32.2. The molecule has 2 aromatic carbocycles. The van der Waals surface area contributed by atoms with Gasteiger partial charge in [0.25, 0.3) is 5.91 Å². The number of thiazole rings is 1. The van der Waals surface area contributed by atoms with Crippen molar-refractivity contribution in [3.63, 3.8) is 0 Å². The fourth-order valence-electron chi connectivity index (χ4n) is 3.57. The maximum atomic E-state index is 14.3. The molecule has 0 aliphatic carbocycles. The first-order valence-corrected chi connectivity index (χ1v) is 13.3. The van der Waals surface area contributed by atoms with E-state index in [1.54, 1.807) is 35.3 Å². The highest BCUT2D eigenvalue weighted by Crippen LogP contribution is 2.31. The van der Waals surface area contributed by atoms with E-state index in [2.05, 4.69) is 23.2 Å². The number of hydrogen-bond acceptors (Lipinski definition) is 6. The van der Waals surface area contributed by atoms with Crippen LogP contribution in [0.2, 0.25) is 0 Å². The Morgan fingerprint density at radius 1 is 1.08 bits per heavy atom.